The maximum Gasteiger partial charge on any atom is 0.202 e. The SMILES string of the molecule is O=C(COc1ccccc1Br)c1c2n(c3ccccc13)CCNCC2. The first-order valence-corrected chi connectivity index (χ1v) is 9.26. The lowest BCUT2D eigenvalue weighted by Gasteiger charge is -2.09. The van der Waals surface area contributed by atoms with E-state index in [4.69, 9.17) is 4.74 Å². The van der Waals surface area contributed by atoms with Gasteiger partial charge in [-0.1, -0.05) is 30.3 Å². The highest BCUT2D eigenvalue weighted by Crippen LogP contribution is 2.29. The van der Waals surface area contributed by atoms with Crippen molar-refractivity contribution in [1.82, 2.24) is 9.88 Å². The van der Waals surface area contributed by atoms with Crippen LogP contribution in [0.1, 0.15) is 16.1 Å². The van der Waals surface area contributed by atoms with E-state index in [0.717, 1.165) is 52.7 Å². The number of fused-ring (bicyclic) bond motifs is 3. The molecule has 0 bridgehead atoms. The van der Waals surface area contributed by atoms with E-state index < -0.39 is 0 Å². The number of benzene rings is 2. The number of para-hydroxylation sites is 2. The standard InChI is InChI=1S/C20H19BrN2O2/c21-15-6-2-4-8-19(15)25-13-18(24)20-14-5-1-3-7-16(14)23-12-11-22-10-9-17(20)23/h1-8,22H,9-13H2. The molecular formula is C20H19BrN2O2. The minimum Gasteiger partial charge on any atom is -0.484 e. The van der Waals surface area contributed by atoms with Gasteiger partial charge in [0.2, 0.25) is 5.78 Å². The van der Waals surface area contributed by atoms with Crippen LogP contribution in [0.3, 0.4) is 0 Å². The lowest BCUT2D eigenvalue weighted by Crippen LogP contribution is -2.17. The van der Waals surface area contributed by atoms with Crippen LogP contribution in [-0.4, -0.2) is 30.0 Å². The van der Waals surface area contributed by atoms with Crippen LogP contribution >= 0.6 is 15.9 Å². The molecule has 0 fully saturated rings. The van der Waals surface area contributed by atoms with Gasteiger partial charge < -0.3 is 14.6 Å². The van der Waals surface area contributed by atoms with Gasteiger partial charge in [0.15, 0.2) is 6.61 Å². The molecule has 1 aliphatic heterocycles. The Morgan fingerprint density at radius 3 is 2.80 bits per heavy atom. The predicted molar refractivity (Wildman–Crippen MR) is 102 cm³/mol. The molecule has 1 aromatic heterocycles. The number of halogens is 1. The monoisotopic (exact) mass is 398 g/mol. The van der Waals surface area contributed by atoms with Crippen molar-refractivity contribution in [3.63, 3.8) is 0 Å². The van der Waals surface area contributed by atoms with E-state index in [1.807, 2.05) is 42.5 Å². The summed E-state index contributed by atoms with van der Waals surface area (Å²) in [6.45, 7) is 2.74. The minimum atomic E-state index is 0.0302. The fourth-order valence-electron chi connectivity index (χ4n) is 3.48. The number of Topliss-reactive ketones (excluding diaryl/α,β-unsaturated/α-hetero) is 1. The van der Waals surface area contributed by atoms with Crippen LogP contribution in [0.2, 0.25) is 0 Å². The van der Waals surface area contributed by atoms with Gasteiger partial charge in [-0.05, 0) is 34.1 Å². The Kier molecular flexibility index (Phi) is 4.59. The van der Waals surface area contributed by atoms with Gasteiger partial charge in [-0.25, -0.2) is 0 Å². The number of nitrogens with zero attached hydrogens (tertiary/aromatic N) is 1. The molecule has 0 spiro atoms. The number of aromatic nitrogens is 1. The number of rotatable bonds is 4. The fourth-order valence-corrected chi connectivity index (χ4v) is 3.88. The number of carbonyl (C=O) groups excluding carboxylic acids is 1. The van der Waals surface area contributed by atoms with E-state index >= 15 is 0 Å². The number of hydrogen-bond acceptors (Lipinski definition) is 3. The Labute approximate surface area is 154 Å². The molecule has 0 radical (unpaired) electrons. The highest BCUT2D eigenvalue weighted by Gasteiger charge is 2.23. The second-order valence-electron chi connectivity index (χ2n) is 6.13. The maximum absolute atomic E-state index is 13.0. The van der Waals surface area contributed by atoms with Gasteiger partial charge >= 0.3 is 0 Å². The molecule has 2 heterocycles. The lowest BCUT2D eigenvalue weighted by molar-refractivity contribution is 0.0921. The van der Waals surface area contributed by atoms with E-state index in [1.165, 1.54) is 0 Å². The number of nitrogens with one attached hydrogen (secondary N) is 1. The molecule has 4 nitrogen and oxygen atoms in total. The molecule has 0 unspecified atom stereocenters. The van der Waals surface area contributed by atoms with Crippen LogP contribution < -0.4 is 10.1 Å². The topological polar surface area (TPSA) is 43.3 Å². The number of hydrogen-bond donors (Lipinski definition) is 1. The quantitative estimate of drug-likeness (QED) is 0.679. The van der Waals surface area contributed by atoms with Gasteiger partial charge in [0.25, 0.3) is 0 Å². The third-order valence-electron chi connectivity index (χ3n) is 4.60. The number of carbonyl (C=O) groups is 1. The molecular weight excluding hydrogens is 380 g/mol. The average Bonchev–Trinajstić information content (AvgIpc) is 2.78. The normalized spacial score (nSPS) is 14.1. The van der Waals surface area contributed by atoms with Crippen LogP contribution in [-0.2, 0) is 13.0 Å². The summed E-state index contributed by atoms with van der Waals surface area (Å²) >= 11 is 3.46. The Bertz CT molecular complexity index is 933. The summed E-state index contributed by atoms with van der Waals surface area (Å²) in [7, 11) is 0. The molecule has 1 N–H and O–H groups in total. The predicted octanol–water partition coefficient (Wildman–Crippen LogP) is 3.81. The number of ketones is 1. The maximum atomic E-state index is 13.0. The van der Waals surface area contributed by atoms with Crippen LogP contribution in [0.5, 0.6) is 5.75 Å². The smallest absolute Gasteiger partial charge is 0.202 e. The Balaban J connectivity index is 1.69. The van der Waals surface area contributed by atoms with Crippen molar-refractivity contribution in [3.05, 3.63) is 64.3 Å². The van der Waals surface area contributed by atoms with Crippen molar-refractivity contribution >= 4 is 32.6 Å². The number of ether oxygens (including phenoxy) is 1. The minimum absolute atomic E-state index is 0.0302. The zero-order valence-corrected chi connectivity index (χ0v) is 15.4. The zero-order valence-electron chi connectivity index (χ0n) is 13.8. The second kappa shape index (κ2) is 7.02. The largest absolute Gasteiger partial charge is 0.484 e. The van der Waals surface area contributed by atoms with E-state index in [1.54, 1.807) is 0 Å². The zero-order chi connectivity index (χ0) is 17.2. The van der Waals surface area contributed by atoms with E-state index in [2.05, 4.69) is 31.9 Å². The molecule has 0 atom stereocenters. The Morgan fingerprint density at radius 1 is 1.12 bits per heavy atom. The summed E-state index contributed by atoms with van der Waals surface area (Å²) in [4.78, 5) is 13.0. The van der Waals surface area contributed by atoms with Gasteiger partial charge in [0, 0.05) is 42.7 Å². The van der Waals surface area contributed by atoms with E-state index in [0.29, 0.717) is 5.75 Å². The molecule has 0 saturated heterocycles. The second-order valence-corrected chi connectivity index (χ2v) is 6.99. The summed E-state index contributed by atoms with van der Waals surface area (Å²) in [5.41, 5.74) is 3.06. The molecule has 1 aliphatic rings. The average molecular weight is 399 g/mol. The van der Waals surface area contributed by atoms with Crippen molar-refractivity contribution in [2.45, 2.75) is 13.0 Å². The van der Waals surface area contributed by atoms with Crippen molar-refractivity contribution in [3.8, 4) is 5.75 Å². The van der Waals surface area contributed by atoms with Crippen molar-refractivity contribution < 1.29 is 9.53 Å². The van der Waals surface area contributed by atoms with E-state index in [9.17, 15) is 4.79 Å². The van der Waals surface area contributed by atoms with Crippen LogP contribution in [0.25, 0.3) is 10.9 Å². The highest BCUT2D eigenvalue weighted by atomic mass is 79.9. The fraction of sp³-hybridized carbons (Fsp3) is 0.250. The first-order valence-electron chi connectivity index (χ1n) is 8.47. The molecule has 5 heteroatoms. The molecule has 0 saturated carbocycles. The van der Waals surface area contributed by atoms with Crippen molar-refractivity contribution in [2.75, 3.05) is 19.7 Å². The molecule has 2 aromatic carbocycles. The van der Waals surface area contributed by atoms with Crippen LogP contribution in [0, 0.1) is 0 Å². The lowest BCUT2D eigenvalue weighted by atomic mass is 10.1. The van der Waals surface area contributed by atoms with Crippen LogP contribution in [0.4, 0.5) is 0 Å². The summed E-state index contributed by atoms with van der Waals surface area (Å²) in [5.74, 6) is 0.717. The molecule has 128 valence electrons. The van der Waals surface area contributed by atoms with E-state index in [-0.39, 0.29) is 12.4 Å². The Hall–Kier alpha value is -2.11. The molecule has 0 aliphatic carbocycles. The summed E-state index contributed by atoms with van der Waals surface area (Å²) in [6.07, 6.45) is 0.852. The molecule has 0 amide bonds. The van der Waals surface area contributed by atoms with Gasteiger partial charge in [-0.15, -0.1) is 0 Å². The first kappa shape index (κ1) is 16.4. The van der Waals surface area contributed by atoms with Gasteiger partial charge in [-0.3, -0.25) is 4.79 Å². The molecule has 3 aromatic rings. The van der Waals surface area contributed by atoms with Gasteiger partial charge in [0.05, 0.1) is 10.0 Å². The third-order valence-corrected chi connectivity index (χ3v) is 5.26. The van der Waals surface area contributed by atoms with Crippen molar-refractivity contribution in [2.24, 2.45) is 0 Å². The Morgan fingerprint density at radius 2 is 1.92 bits per heavy atom. The van der Waals surface area contributed by atoms with Gasteiger partial charge in [-0.2, -0.15) is 0 Å². The molecule has 4 rings (SSSR count). The summed E-state index contributed by atoms with van der Waals surface area (Å²) in [6, 6.07) is 15.7. The summed E-state index contributed by atoms with van der Waals surface area (Å²) < 4.78 is 8.91. The first-order chi connectivity index (χ1) is 12.3. The highest BCUT2D eigenvalue weighted by molar-refractivity contribution is 9.10. The van der Waals surface area contributed by atoms with Crippen LogP contribution in [0.15, 0.2) is 53.0 Å². The van der Waals surface area contributed by atoms with Gasteiger partial charge in [0.1, 0.15) is 5.75 Å². The summed E-state index contributed by atoms with van der Waals surface area (Å²) in [5, 5.41) is 4.43. The molecule has 25 heavy (non-hydrogen) atoms. The third kappa shape index (κ3) is 3.10. The van der Waals surface area contributed by atoms with Crippen molar-refractivity contribution in [1.29, 1.82) is 0 Å².